The molecule has 0 aliphatic heterocycles. The van der Waals surface area contributed by atoms with Crippen LogP contribution in [0.4, 0.5) is 5.69 Å². The first kappa shape index (κ1) is 26.4. The van der Waals surface area contributed by atoms with Gasteiger partial charge in [-0.15, -0.1) is 0 Å². The molecule has 2 N–H and O–H groups in total. The maximum atomic E-state index is 9.23. The van der Waals surface area contributed by atoms with E-state index in [1.165, 1.54) is 0 Å². The van der Waals surface area contributed by atoms with E-state index in [0.717, 1.165) is 55.3 Å². The second-order valence-corrected chi connectivity index (χ2v) is 10.8. The summed E-state index contributed by atoms with van der Waals surface area (Å²) in [6, 6.07) is 49.5. The Labute approximate surface area is 259 Å². The Morgan fingerprint density at radius 1 is 0.600 bits per heavy atom. The van der Waals surface area contributed by atoms with Crippen LogP contribution in [0.5, 0.6) is 0 Å². The van der Waals surface area contributed by atoms with Crippen LogP contribution in [-0.2, 0) is 0 Å². The Balaban J connectivity index is 1.32. The molecule has 0 aliphatic rings. The molecule has 0 bridgehead atoms. The van der Waals surface area contributed by atoms with Crippen molar-refractivity contribution in [2.24, 2.45) is 0 Å². The van der Waals surface area contributed by atoms with Crippen molar-refractivity contribution in [2.75, 3.05) is 4.90 Å². The third kappa shape index (κ3) is 4.48. The Bertz CT molecular complexity index is 2300. The van der Waals surface area contributed by atoms with Gasteiger partial charge in [0.2, 0.25) is 5.89 Å². The van der Waals surface area contributed by atoms with Gasteiger partial charge < -0.3 is 8.98 Å². The molecule has 0 aliphatic carbocycles. The van der Waals surface area contributed by atoms with Crippen LogP contribution >= 0.6 is 0 Å². The summed E-state index contributed by atoms with van der Waals surface area (Å²) in [6.07, 6.45) is 0. The van der Waals surface area contributed by atoms with Crippen molar-refractivity contribution >= 4 is 50.3 Å². The number of aromatic nitrogens is 2. The fraction of sp³-hybridized carbons (Fsp3) is 0. The van der Waals surface area contributed by atoms with Gasteiger partial charge in [0.05, 0.1) is 22.1 Å². The standard InChI is InChI=1S/C39H27N5O/c40-37(26-13-4-1-5-14-26)44(38(41)27-15-6-2-7-16-27)30-20-12-19-29(25-30)43-33-22-11-10-21-31(33)35-34(43)24-23-32-36(35)45-39(42-32)28-17-8-3-9-18-28/h1-25,40-41H. The number of oxazole rings is 1. The van der Waals surface area contributed by atoms with E-state index >= 15 is 0 Å². The maximum Gasteiger partial charge on any atom is 0.227 e. The maximum absolute atomic E-state index is 9.23. The van der Waals surface area contributed by atoms with Crippen molar-refractivity contribution in [3.05, 3.63) is 163 Å². The lowest BCUT2D eigenvalue weighted by atomic mass is 10.1. The van der Waals surface area contributed by atoms with Gasteiger partial charge in [0, 0.05) is 27.8 Å². The third-order valence-corrected chi connectivity index (χ3v) is 8.10. The molecule has 0 spiro atoms. The lowest BCUT2D eigenvalue weighted by Crippen LogP contribution is -2.37. The number of nitrogens with zero attached hydrogens (tertiary/aromatic N) is 3. The highest BCUT2D eigenvalue weighted by molar-refractivity contribution is 6.27. The first-order valence-corrected chi connectivity index (χ1v) is 14.7. The van der Waals surface area contributed by atoms with E-state index in [-0.39, 0.29) is 11.7 Å². The fourth-order valence-corrected chi connectivity index (χ4v) is 6.01. The van der Waals surface area contributed by atoms with Crippen molar-refractivity contribution in [2.45, 2.75) is 0 Å². The molecule has 8 rings (SSSR count). The van der Waals surface area contributed by atoms with Gasteiger partial charge in [-0.1, -0.05) is 103 Å². The van der Waals surface area contributed by atoms with E-state index < -0.39 is 0 Å². The van der Waals surface area contributed by atoms with E-state index in [0.29, 0.717) is 11.6 Å². The lowest BCUT2D eigenvalue weighted by Gasteiger charge is -2.27. The number of hydrogen-bond donors (Lipinski definition) is 2. The molecule has 2 heterocycles. The number of fused-ring (bicyclic) bond motifs is 5. The average molecular weight is 582 g/mol. The molecule has 8 aromatic rings. The summed E-state index contributed by atoms with van der Waals surface area (Å²) < 4.78 is 8.68. The molecule has 6 nitrogen and oxygen atoms in total. The van der Waals surface area contributed by atoms with Gasteiger partial charge in [0.1, 0.15) is 17.2 Å². The summed E-state index contributed by atoms with van der Waals surface area (Å²) in [4.78, 5) is 6.52. The zero-order valence-electron chi connectivity index (χ0n) is 24.2. The number of para-hydroxylation sites is 1. The van der Waals surface area contributed by atoms with Crippen molar-refractivity contribution in [1.29, 1.82) is 10.8 Å². The number of nitrogens with one attached hydrogen (secondary N) is 2. The first-order chi connectivity index (χ1) is 22.2. The fourth-order valence-electron chi connectivity index (χ4n) is 6.01. The monoisotopic (exact) mass is 581 g/mol. The molecule has 6 heteroatoms. The zero-order chi connectivity index (χ0) is 30.3. The largest absolute Gasteiger partial charge is 0.435 e. The van der Waals surface area contributed by atoms with E-state index in [2.05, 4.69) is 28.8 Å². The quantitative estimate of drug-likeness (QED) is 0.157. The topological polar surface area (TPSA) is 81.9 Å². The molecule has 0 fully saturated rings. The van der Waals surface area contributed by atoms with Crippen molar-refractivity contribution < 1.29 is 4.42 Å². The molecule has 0 amide bonds. The smallest absolute Gasteiger partial charge is 0.227 e. The summed E-state index contributed by atoms with van der Waals surface area (Å²) in [5.41, 5.74) is 7.57. The molecule has 0 unspecified atom stereocenters. The lowest BCUT2D eigenvalue weighted by molar-refractivity contribution is 0.623. The summed E-state index contributed by atoms with van der Waals surface area (Å²) in [5.74, 6) is 1.03. The van der Waals surface area contributed by atoms with E-state index in [1.807, 2.05) is 127 Å². The van der Waals surface area contributed by atoms with Crippen LogP contribution < -0.4 is 4.90 Å². The number of rotatable bonds is 5. The molecular formula is C39H27N5O. The third-order valence-electron chi connectivity index (χ3n) is 8.10. The highest BCUT2D eigenvalue weighted by Crippen LogP contribution is 2.39. The molecule has 45 heavy (non-hydrogen) atoms. The van der Waals surface area contributed by atoms with Gasteiger partial charge >= 0.3 is 0 Å². The number of anilines is 1. The average Bonchev–Trinajstić information content (AvgIpc) is 3.69. The van der Waals surface area contributed by atoms with Gasteiger partial charge in [-0.25, -0.2) is 4.98 Å². The van der Waals surface area contributed by atoms with Gasteiger partial charge in [0.15, 0.2) is 5.58 Å². The minimum Gasteiger partial charge on any atom is -0.435 e. The Kier molecular flexibility index (Phi) is 6.31. The van der Waals surface area contributed by atoms with Crippen LogP contribution in [0.2, 0.25) is 0 Å². The molecule has 0 saturated carbocycles. The second-order valence-electron chi connectivity index (χ2n) is 10.8. The minimum atomic E-state index is 0.223. The molecule has 2 aromatic heterocycles. The number of benzene rings is 6. The highest BCUT2D eigenvalue weighted by Gasteiger charge is 2.23. The van der Waals surface area contributed by atoms with E-state index in [1.54, 1.807) is 4.90 Å². The Morgan fingerprint density at radius 3 is 1.91 bits per heavy atom. The van der Waals surface area contributed by atoms with Crippen LogP contribution in [0.1, 0.15) is 11.1 Å². The SMILES string of the molecule is N=C(c1ccccc1)N(C(=N)c1ccccc1)c1cccc(-n2c3ccccc3c3c4oc(-c5ccccc5)nc4ccc32)c1. The summed E-state index contributed by atoms with van der Waals surface area (Å²) in [6.45, 7) is 0. The van der Waals surface area contributed by atoms with Gasteiger partial charge in [-0.05, 0) is 48.5 Å². The summed E-state index contributed by atoms with van der Waals surface area (Å²) >= 11 is 0. The highest BCUT2D eigenvalue weighted by atomic mass is 16.3. The molecule has 214 valence electrons. The summed E-state index contributed by atoms with van der Waals surface area (Å²) in [7, 11) is 0. The first-order valence-electron chi connectivity index (χ1n) is 14.7. The predicted molar refractivity (Wildman–Crippen MR) is 183 cm³/mol. The molecule has 6 aromatic carbocycles. The van der Waals surface area contributed by atoms with Crippen LogP contribution in [0.3, 0.4) is 0 Å². The van der Waals surface area contributed by atoms with Crippen LogP contribution in [-0.4, -0.2) is 21.2 Å². The number of hydrogen-bond acceptors (Lipinski definition) is 4. The molecule has 0 radical (unpaired) electrons. The normalized spacial score (nSPS) is 11.3. The van der Waals surface area contributed by atoms with Crippen molar-refractivity contribution in [3.8, 4) is 17.1 Å². The van der Waals surface area contributed by atoms with Gasteiger partial charge in [0.25, 0.3) is 0 Å². The zero-order valence-corrected chi connectivity index (χ0v) is 24.2. The predicted octanol–water partition coefficient (Wildman–Crippen LogP) is 9.45. The molecular weight excluding hydrogens is 554 g/mol. The van der Waals surface area contributed by atoms with Crippen molar-refractivity contribution in [1.82, 2.24) is 9.55 Å². The van der Waals surface area contributed by atoms with E-state index in [9.17, 15) is 10.8 Å². The van der Waals surface area contributed by atoms with Crippen LogP contribution in [0.15, 0.2) is 156 Å². The Morgan fingerprint density at radius 2 is 1.22 bits per heavy atom. The number of amidine groups is 2. The Hall–Kier alpha value is -6.27. The second kappa shape index (κ2) is 10.8. The molecule has 0 atom stereocenters. The van der Waals surface area contributed by atoms with E-state index in [4.69, 9.17) is 9.40 Å². The van der Waals surface area contributed by atoms with Gasteiger partial charge in [-0.3, -0.25) is 15.7 Å². The van der Waals surface area contributed by atoms with Crippen LogP contribution in [0, 0.1) is 10.8 Å². The van der Waals surface area contributed by atoms with Gasteiger partial charge in [-0.2, -0.15) is 0 Å². The summed E-state index contributed by atoms with van der Waals surface area (Å²) in [5, 5.41) is 20.5. The molecule has 0 saturated heterocycles. The van der Waals surface area contributed by atoms with Crippen molar-refractivity contribution in [3.63, 3.8) is 0 Å². The minimum absolute atomic E-state index is 0.223. The van der Waals surface area contributed by atoms with Crippen LogP contribution in [0.25, 0.3) is 50.0 Å².